The summed E-state index contributed by atoms with van der Waals surface area (Å²) in [6.45, 7) is 0.704. The van der Waals surface area contributed by atoms with E-state index in [9.17, 15) is 9.59 Å². The normalized spacial score (nSPS) is 14.3. The van der Waals surface area contributed by atoms with Crippen molar-refractivity contribution in [2.75, 3.05) is 11.9 Å². The second kappa shape index (κ2) is 7.67. The molecule has 2 rings (SSSR count). The first kappa shape index (κ1) is 15.4. The fraction of sp³-hybridized carbons (Fsp3) is 0.500. The second-order valence-corrected chi connectivity index (χ2v) is 5.56. The summed E-state index contributed by atoms with van der Waals surface area (Å²) in [4.78, 5) is 22.3. The minimum Gasteiger partial charge on any atom is -0.481 e. The Bertz CT molecular complexity index is 498. The lowest BCUT2D eigenvalue weighted by Gasteiger charge is -2.25. The Hall–Kier alpha value is -2.04. The number of carbonyl (C=O) groups excluding carboxylic acids is 1. The number of carboxylic acid groups (broad SMARTS) is 1. The third-order valence-corrected chi connectivity index (χ3v) is 3.88. The van der Waals surface area contributed by atoms with Gasteiger partial charge in [-0.15, -0.1) is 0 Å². The Morgan fingerprint density at radius 2 is 2.10 bits per heavy atom. The van der Waals surface area contributed by atoms with Crippen LogP contribution in [0.2, 0.25) is 0 Å². The number of hydrogen-bond acceptors (Lipinski definition) is 2. The lowest BCUT2D eigenvalue weighted by atomic mass is 9.83. The highest BCUT2D eigenvalue weighted by atomic mass is 16.4. The molecule has 0 aliphatic heterocycles. The first-order valence-electron chi connectivity index (χ1n) is 7.49. The molecule has 2 amide bonds. The van der Waals surface area contributed by atoms with Crippen LogP contribution >= 0.6 is 0 Å². The van der Waals surface area contributed by atoms with E-state index < -0.39 is 5.97 Å². The van der Waals surface area contributed by atoms with Gasteiger partial charge in [0, 0.05) is 18.7 Å². The molecule has 5 nitrogen and oxygen atoms in total. The summed E-state index contributed by atoms with van der Waals surface area (Å²) in [6, 6.07) is 7.10. The first-order chi connectivity index (χ1) is 10.1. The van der Waals surface area contributed by atoms with Crippen molar-refractivity contribution in [2.24, 2.45) is 5.92 Å². The molecule has 1 saturated carbocycles. The van der Waals surface area contributed by atoms with Crippen molar-refractivity contribution in [3.63, 3.8) is 0 Å². The van der Waals surface area contributed by atoms with Crippen LogP contribution in [0.4, 0.5) is 10.5 Å². The zero-order chi connectivity index (χ0) is 15.1. The summed E-state index contributed by atoms with van der Waals surface area (Å²) in [6.07, 6.45) is 5.50. The zero-order valence-electron chi connectivity index (χ0n) is 12.1. The number of carbonyl (C=O) groups is 2. The lowest BCUT2D eigenvalue weighted by Crippen LogP contribution is -2.31. The van der Waals surface area contributed by atoms with E-state index in [1.165, 1.54) is 19.3 Å². The highest BCUT2D eigenvalue weighted by molar-refractivity contribution is 5.89. The van der Waals surface area contributed by atoms with Gasteiger partial charge in [-0.1, -0.05) is 31.4 Å². The molecule has 0 heterocycles. The summed E-state index contributed by atoms with van der Waals surface area (Å²) in [5.74, 6) is -0.0354. The van der Waals surface area contributed by atoms with Gasteiger partial charge in [0.05, 0.1) is 0 Å². The van der Waals surface area contributed by atoms with E-state index in [0.717, 1.165) is 17.9 Å². The minimum absolute atomic E-state index is 0.0943. The maximum Gasteiger partial charge on any atom is 0.319 e. The van der Waals surface area contributed by atoms with E-state index in [1.54, 1.807) is 6.07 Å². The van der Waals surface area contributed by atoms with Gasteiger partial charge in [0.2, 0.25) is 0 Å². The Morgan fingerprint density at radius 1 is 1.29 bits per heavy atom. The second-order valence-electron chi connectivity index (χ2n) is 5.56. The van der Waals surface area contributed by atoms with E-state index in [2.05, 4.69) is 10.6 Å². The summed E-state index contributed by atoms with van der Waals surface area (Å²) < 4.78 is 0. The predicted molar refractivity (Wildman–Crippen MR) is 81.4 cm³/mol. The number of urea groups is 1. The Kier molecular flexibility index (Phi) is 5.60. The fourth-order valence-electron chi connectivity index (χ4n) is 2.40. The molecule has 5 heteroatoms. The van der Waals surface area contributed by atoms with Crippen LogP contribution in [0.1, 0.15) is 37.7 Å². The van der Waals surface area contributed by atoms with Gasteiger partial charge in [-0.3, -0.25) is 4.79 Å². The summed E-state index contributed by atoms with van der Waals surface area (Å²) >= 11 is 0. The zero-order valence-corrected chi connectivity index (χ0v) is 12.1. The molecule has 0 spiro atoms. The van der Waals surface area contributed by atoms with Crippen molar-refractivity contribution >= 4 is 17.7 Å². The Balaban J connectivity index is 1.74. The average Bonchev–Trinajstić information content (AvgIpc) is 2.40. The van der Waals surface area contributed by atoms with Crippen molar-refractivity contribution in [3.05, 3.63) is 29.8 Å². The molecular weight excluding hydrogens is 268 g/mol. The number of nitrogens with one attached hydrogen (secondary N) is 2. The van der Waals surface area contributed by atoms with Crippen molar-refractivity contribution in [1.29, 1.82) is 0 Å². The molecule has 1 fully saturated rings. The number of carboxylic acids is 1. The molecule has 1 aromatic carbocycles. The van der Waals surface area contributed by atoms with E-state index >= 15 is 0 Å². The average molecular weight is 290 g/mol. The fourth-order valence-corrected chi connectivity index (χ4v) is 2.40. The number of anilines is 1. The van der Waals surface area contributed by atoms with Crippen LogP contribution in [-0.2, 0) is 11.2 Å². The highest BCUT2D eigenvalue weighted by Gasteiger charge is 2.16. The van der Waals surface area contributed by atoms with E-state index in [0.29, 0.717) is 18.7 Å². The molecule has 0 bridgehead atoms. The molecule has 1 aliphatic carbocycles. The molecule has 21 heavy (non-hydrogen) atoms. The van der Waals surface area contributed by atoms with Gasteiger partial charge in [-0.25, -0.2) is 4.79 Å². The smallest absolute Gasteiger partial charge is 0.319 e. The van der Waals surface area contributed by atoms with Gasteiger partial charge in [0.15, 0.2) is 0 Å². The number of hydrogen-bond donors (Lipinski definition) is 3. The lowest BCUT2D eigenvalue weighted by molar-refractivity contribution is -0.136. The molecule has 0 atom stereocenters. The van der Waals surface area contributed by atoms with Crippen LogP contribution in [-0.4, -0.2) is 23.7 Å². The van der Waals surface area contributed by atoms with Gasteiger partial charge in [-0.05, 0) is 36.5 Å². The molecule has 1 aromatic rings. The maximum absolute atomic E-state index is 11.8. The molecule has 0 saturated heterocycles. The minimum atomic E-state index is -0.818. The third kappa shape index (κ3) is 5.45. The van der Waals surface area contributed by atoms with Crippen molar-refractivity contribution < 1.29 is 14.7 Å². The van der Waals surface area contributed by atoms with E-state index in [-0.39, 0.29) is 12.5 Å². The molecule has 0 radical (unpaired) electrons. The third-order valence-electron chi connectivity index (χ3n) is 3.88. The molecular formula is C16H22N2O3. The number of aliphatic carboxylic acids is 1. The van der Waals surface area contributed by atoms with Gasteiger partial charge in [0.1, 0.15) is 0 Å². The number of amides is 2. The predicted octanol–water partition coefficient (Wildman–Crippen LogP) is 3.02. The van der Waals surface area contributed by atoms with E-state index in [1.807, 2.05) is 18.2 Å². The molecule has 0 unspecified atom stereocenters. The maximum atomic E-state index is 11.8. The number of benzene rings is 1. The van der Waals surface area contributed by atoms with Crippen LogP contribution in [0.15, 0.2) is 24.3 Å². The molecule has 3 N–H and O–H groups in total. The number of rotatable bonds is 7. The summed E-state index contributed by atoms with van der Waals surface area (Å²) in [5.41, 5.74) is 1.60. The van der Waals surface area contributed by atoms with Gasteiger partial charge in [-0.2, -0.15) is 0 Å². The van der Waals surface area contributed by atoms with Crippen molar-refractivity contribution in [3.8, 4) is 0 Å². The Labute approximate surface area is 124 Å². The number of aryl methyl sites for hydroxylation is 1. The van der Waals surface area contributed by atoms with Crippen LogP contribution in [0, 0.1) is 5.92 Å². The largest absolute Gasteiger partial charge is 0.481 e. The summed E-state index contributed by atoms with van der Waals surface area (Å²) in [5, 5.41) is 14.3. The van der Waals surface area contributed by atoms with E-state index in [4.69, 9.17) is 5.11 Å². The van der Waals surface area contributed by atoms with Gasteiger partial charge < -0.3 is 15.7 Å². The topological polar surface area (TPSA) is 78.4 Å². The van der Waals surface area contributed by atoms with Crippen LogP contribution in [0.3, 0.4) is 0 Å². The molecule has 0 aromatic heterocycles. The van der Waals surface area contributed by atoms with Crippen molar-refractivity contribution in [2.45, 2.75) is 38.5 Å². The van der Waals surface area contributed by atoms with Crippen LogP contribution < -0.4 is 10.6 Å². The molecule has 1 aliphatic rings. The Morgan fingerprint density at radius 3 is 2.76 bits per heavy atom. The first-order valence-corrected chi connectivity index (χ1v) is 7.49. The van der Waals surface area contributed by atoms with Crippen LogP contribution in [0.25, 0.3) is 0 Å². The monoisotopic (exact) mass is 290 g/mol. The quantitative estimate of drug-likeness (QED) is 0.722. The van der Waals surface area contributed by atoms with Gasteiger partial charge in [0.25, 0.3) is 0 Å². The summed E-state index contributed by atoms with van der Waals surface area (Å²) in [7, 11) is 0. The highest BCUT2D eigenvalue weighted by Crippen LogP contribution is 2.28. The van der Waals surface area contributed by atoms with Gasteiger partial charge >= 0.3 is 12.0 Å². The molecule has 114 valence electrons. The van der Waals surface area contributed by atoms with Crippen molar-refractivity contribution in [1.82, 2.24) is 5.32 Å². The SMILES string of the molecule is O=C(O)CCc1cccc(NC(=O)NCCC2CCC2)c1. The standard InChI is InChI=1S/C16H22N2O3/c19-15(20)8-7-13-5-2-6-14(11-13)18-16(21)17-10-9-12-3-1-4-12/h2,5-6,11-12H,1,3-4,7-10H2,(H,19,20)(H2,17,18,21). The van der Waals surface area contributed by atoms with Crippen LogP contribution in [0.5, 0.6) is 0 Å².